The first-order valence-electron chi connectivity index (χ1n) is 8.17. The lowest BCUT2D eigenvalue weighted by molar-refractivity contribution is -0.137. The number of benzene rings is 1. The maximum atomic E-state index is 13.0. The van der Waals surface area contributed by atoms with Crippen LogP contribution in [0, 0.1) is 0 Å². The van der Waals surface area contributed by atoms with Crippen molar-refractivity contribution >= 4 is 29.0 Å². The Labute approximate surface area is 160 Å². The number of carbonyl (C=O) groups is 2. The summed E-state index contributed by atoms with van der Waals surface area (Å²) in [7, 11) is 0. The van der Waals surface area contributed by atoms with E-state index in [1.54, 1.807) is 54.7 Å². The summed E-state index contributed by atoms with van der Waals surface area (Å²) in [6, 6.07) is 15.2. The van der Waals surface area contributed by atoms with Crippen molar-refractivity contribution in [3.8, 4) is 0 Å². The molecule has 6 nitrogen and oxygen atoms in total. The number of halogens is 1. The van der Waals surface area contributed by atoms with Crippen LogP contribution in [0.3, 0.4) is 0 Å². The fourth-order valence-corrected chi connectivity index (χ4v) is 2.75. The van der Waals surface area contributed by atoms with E-state index in [1.807, 2.05) is 6.07 Å². The molecule has 27 heavy (non-hydrogen) atoms. The molecule has 1 aromatic carbocycles. The van der Waals surface area contributed by atoms with Gasteiger partial charge in [0.25, 0.3) is 0 Å². The van der Waals surface area contributed by atoms with Crippen molar-refractivity contribution in [2.24, 2.45) is 0 Å². The van der Waals surface area contributed by atoms with Crippen molar-refractivity contribution in [1.82, 2.24) is 9.97 Å². The van der Waals surface area contributed by atoms with Gasteiger partial charge in [-0.3, -0.25) is 14.6 Å². The first-order chi connectivity index (χ1) is 13.1. The number of anilines is 1. The molecule has 0 aliphatic heterocycles. The van der Waals surface area contributed by atoms with Gasteiger partial charge in [0.05, 0.1) is 5.69 Å². The van der Waals surface area contributed by atoms with Crippen LogP contribution in [0.5, 0.6) is 0 Å². The second-order valence-electron chi connectivity index (χ2n) is 5.79. The van der Waals surface area contributed by atoms with Crippen LogP contribution in [-0.2, 0) is 11.3 Å². The Balaban J connectivity index is 1.86. The van der Waals surface area contributed by atoms with Crippen molar-refractivity contribution in [2.75, 3.05) is 5.32 Å². The smallest absolute Gasteiger partial charge is 0.319 e. The Morgan fingerprint density at radius 2 is 1.81 bits per heavy atom. The van der Waals surface area contributed by atoms with Gasteiger partial charge in [-0.15, -0.1) is 0 Å². The lowest BCUT2D eigenvalue weighted by Crippen LogP contribution is -2.23. The maximum absolute atomic E-state index is 13.0. The molecule has 0 aliphatic rings. The van der Waals surface area contributed by atoms with Gasteiger partial charge in [-0.2, -0.15) is 0 Å². The lowest BCUT2D eigenvalue weighted by Gasteiger charge is -2.15. The summed E-state index contributed by atoms with van der Waals surface area (Å²) >= 11 is 5.78. The Bertz CT molecular complexity index is 946. The molecule has 0 saturated carbocycles. The molecule has 1 unspecified atom stereocenters. The summed E-state index contributed by atoms with van der Waals surface area (Å²) in [4.78, 5) is 32.8. The van der Waals surface area contributed by atoms with Crippen molar-refractivity contribution in [3.63, 3.8) is 0 Å². The average Bonchev–Trinajstić information content (AvgIpc) is 2.68. The standard InChI is InChI=1S/C20H16ClN3O3/c21-16-9-8-13(12-24-16)11-23-15-7-4-10-22-18(15)19(25)17(20(26)27)14-5-2-1-3-6-14/h1-10,12,17,23H,11H2,(H,26,27). The Kier molecular flexibility index (Phi) is 5.78. The first kappa shape index (κ1) is 18.5. The minimum atomic E-state index is -1.32. The molecule has 0 radical (unpaired) electrons. The fourth-order valence-electron chi connectivity index (χ4n) is 2.64. The predicted molar refractivity (Wildman–Crippen MR) is 102 cm³/mol. The summed E-state index contributed by atoms with van der Waals surface area (Å²) in [5, 5.41) is 13.1. The number of aliphatic carboxylic acids is 1. The van der Waals surface area contributed by atoms with Gasteiger partial charge in [-0.25, -0.2) is 4.98 Å². The molecule has 3 rings (SSSR count). The second-order valence-corrected chi connectivity index (χ2v) is 6.18. The molecule has 1 atom stereocenters. The van der Waals surface area contributed by atoms with Gasteiger partial charge in [0.15, 0.2) is 0 Å². The highest BCUT2D eigenvalue weighted by Gasteiger charge is 2.31. The Hall–Kier alpha value is -3.25. The molecule has 0 bridgehead atoms. The van der Waals surface area contributed by atoms with Crippen LogP contribution in [0.25, 0.3) is 0 Å². The quantitative estimate of drug-likeness (QED) is 0.367. The number of aromatic nitrogens is 2. The van der Waals surface area contributed by atoms with Crippen LogP contribution in [0.2, 0.25) is 5.15 Å². The number of hydrogen-bond donors (Lipinski definition) is 2. The molecular formula is C20H16ClN3O3. The van der Waals surface area contributed by atoms with Crippen LogP contribution in [0.1, 0.15) is 27.5 Å². The van der Waals surface area contributed by atoms with E-state index in [9.17, 15) is 14.7 Å². The highest BCUT2D eigenvalue weighted by molar-refractivity contribution is 6.29. The van der Waals surface area contributed by atoms with Crippen LogP contribution >= 0.6 is 11.6 Å². The average molecular weight is 382 g/mol. The highest BCUT2D eigenvalue weighted by atomic mass is 35.5. The topological polar surface area (TPSA) is 92.2 Å². The number of carboxylic acid groups (broad SMARTS) is 1. The highest BCUT2D eigenvalue weighted by Crippen LogP contribution is 2.24. The molecule has 3 aromatic rings. The lowest BCUT2D eigenvalue weighted by atomic mass is 9.92. The van der Waals surface area contributed by atoms with Crippen LogP contribution in [0.15, 0.2) is 67.0 Å². The molecule has 0 spiro atoms. The molecule has 2 N–H and O–H groups in total. The number of nitrogens with one attached hydrogen (secondary N) is 1. The zero-order valence-corrected chi connectivity index (χ0v) is 14.9. The molecule has 0 aliphatic carbocycles. The molecular weight excluding hydrogens is 366 g/mol. The first-order valence-corrected chi connectivity index (χ1v) is 8.55. The van der Waals surface area contributed by atoms with E-state index in [0.29, 0.717) is 22.9 Å². The number of carboxylic acids is 1. The third-order valence-electron chi connectivity index (χ3n) is 3.95. The SMILES string of the molecule is O=C(O)C(C(=O)c1ncccc1NCc1ccc(Cl)nc1)c1ccccc1. The normalized spacial score (nSPS) is 11.6. The van der Waals surface area contributed by atoms with Crippen molar-refractivity contribution < 1.29 is 14.7 Å². The van der Waals surface area contributed by atoms with E-state index in [2.05, 4.69) is 15.3 Å². The Morgan fingerprint density at radius 1 is 1.04 bits per heavy atom. The Morgan fingerprint density at radius 3 is 2.48 bits per heavy atom. The number of rotatable bonds is 7. The van der Waals surface area contributed by atoms with Gasteiger partial charge in [0.2, 0.25) is 5.78 Å². The molecule has 0 fully saturated rings. The molecule has 7 heteroatoms. The number of nitrogens with zero attached hydrogens (tertiary/aromatic N) is 2. The molecule has 2 heterocycles. The minimum absolute atomic E-state index is 0.0793. The van der Waals surface area contributed by atoms with E-state index < -0.39 is 17.7 Å². The summed E-state index contributed by atoms with van der Waals surface area (Å²) in [6.07, 6.45) is 3.09. The summed E-state index contributed by atoms with van der Waals surface area (Å²) in [6.45, 7) is 0.388. The molecule has 2 aromatic heterocycles. The van der Waals surface area contributed by atoms with E-state index >= 15 is 0 Å². The van der Waals surface area contributed by atoms with E-state index in [-0.39, 0.29) is 5.69 Å². The van der Waals surface area contributed by atoms with E-state index in [1.165, 1.54) is 6.20 Å². The zero-order valence-electron chi connectivity index (χ0n) is 14.2. The van der Waals surface area contributed by atoms with Crippen LogP contribution in [-0.4, -0.2) is 26.8 Å². The molecule has 136 valence electrons. The number of hydrogen-bond acceptors (Lipinski definition) is 5. The number of pyridine rings is 2. The van der Waals surface area contributed by atoms with Crippen molar-refractivity contribution in [2.45, 2.75) is 12.5 Å². The summed E-state index contributed by atoms with van der Waals surface area (Å²) in [5.41, 5.74) is 1.81. The molecule has 0 amide bonds. The minimum Gasteiger partial charge on any atom is -0.480 e. The van der Waals surface area contributed by atoms with Crippen LogP contribution < -0.4 is 5.32 Å². The third-order valence-corrected chi connectivity index (χ3v) is 4.18. The van der Waals surface area contributed by atoms with Crippen molar-refractivity contribution in [1.29, 1.82) is 0 Å². The number of ketones is 1. The number of Topliss-reactive ketones (excluding diaryl/α,β-unsaturated/α-hetero) is 1. The zero-order chi connectivity index (χ0) is 19.2. The third kappa shape index (κ3) is 4.48. The van der Waals surface area contributed by atoms with Gasteiger partial charge < -0.3 is 10.4 Å². The predicted octanol–water partition coefficient (Wildman–Crippen LogP) is 3.79. The largest absolute Gasteiger partial charge is 0.480 e. The van der Waals surface area contributed by atoms with E-state index in [4.69, 9.17) is 11.6 Å². The van der Waals surface area contributed by atoms with Gasteiger partial charge in [0, 0.05) is 18.9 Å². The maximum Gasteiger partial charge on any atom is 0.319 e. The van der Waals surface area contributed by atoms with Gasteiger partial charge in [-0.1, -0.05) is 48.0 Å². The van der Waals surface area contributed by atoms with Gasteiger partial charge >= 0.3 is 5.97 Å². The summed E-state index contributed by atoms with van der Waals surface area (Å²) in [5.74, 6) is -3.12. The van der Waals surface area contributed by atoms with Gasteiger partial charge in [0.1, 0.15) is 16.8 Å². The summed E-state index contributed by atoms with van der Waals surface area (Å²) < 4.78 is 0. The van der Waals surface area contributed by atoms with E-state index in [0.717, 1.165) is 5.56 Å². The van der Waals surface area contributed by atoms with Gasteiger partial charge in [-0.05, 0) is 29.3 Å². The monoisotopic (exact) mass is 381 g/mol. The number of carbonyl (C=O) groups excluding carboxylic acids is 1. The van der Waals surface area contributed by atoms with Crippen LogP contribution in [0.4, 0.5) is 5.69 Å². The fraction of sp³-hybridized carbons (Fsp3) is 0.100. The second kappa shape index (κ2) is 8.42. The molecule has 0 saturated heterocycles. The van der Waals surface area contributed by atoms with Crippen molar-refractivity contribution in [3.05, 3.63) is 89.0 Å².